The largest absolute Gasteiger partial charge is 0.497 e. The van der Waals surface area contributed by atoms with E-state index in [2.05, 4.69) is 30.5 Å². The average molecular weight is 399 g/mol. The molecule has 1 aliphatic carbocycles. The van der Waals surface area contributed by atoms with Crippen molar-refractivity contribution in [3.8, 4) is 5.75 Å². The quantitative estimate of drug-likeness (QED) is 0.790. The van der Waals surface area contributed by atoms with Crippen LogP contribution in [0.3, 0.4) is 0 Å². The molecule has 1 saturated carbocycles. The number of hydrogen-bond donors (Lipinski definition) is 0. The summed E-state index contributed by atoms with van der Waals surface area (Å²) in [5.41, 5.74) is 3.16. The fourth-order valence-electron chi connectivity index (χ4n) is 5.48. The molecule has 3 heterocycles. The zero-order valence-corrected chi connectivity index (χ0v) is 17.6. The van der Waals surface area contributed by atoms with Gasteiger partial charge in [0.1, 0.15) is 11.4 Å². The zero-order chi connectivity index (χ0) is 20.1. The highest BCUT2D eigenvalue weighted by molar-refractivity contribution is 5.30. The standard InChI is InChI=1S/C23H30N2O4/c1-21(2)15-22(9-10-23(21)28-12-13-29-23)20-19(8-11-27-22)25(16-24-20)14-17-4-6-18(26-3)7-5-17/h4-7,16H,8-15H2,1-3H3. The van der Waals surface area contributed by atoms with E-state index >= 15 is 0 Å². The highest BCUT2D eigenvalue weighted by atomic mass is 16.7. The van der Waals surface area contributed by atoms with E-state index in [1.54, 1.807) is 7.11 Å². The lowest BCUT2D eigenvalue weighted by atomic mass is 9.64. The van der Waals surface area contributed by atoms with Crippen molar-refractivity contribution in [2.45, 2.75) is 57.5 Å². The van der Waals surface area contributed by atoms with E-state index in [4.69, 9.17) is 23.9 Å². The SMILES string of the molecule is COc1ccc(Cn2cnc3c2CCOC32CCC3(OCCO3)C(C)(C)C2)cc1. The van der Waals surface area contributed by atoms with Gasteiger partial charge in [-0.25, -0.2) is 4.98 Å². The molecule has 5 rings (SSSR count). The molecular weight excluding hydrogens is 368 g/mol. The van der Waals surface area contributed by atoms with E-state index in [1.807, 2.05) is 18.5 Å². The summed E-state index contributed by atoms with van der Waals surface area (Å²) >= 11 is 0. The van der Waals surface area contributed by atoms with Crippen LogP contribution in [0.4, 0.5) is 0 Å². The van der Waals surface area contributed by atoms with E-state index in [0.717, 1.165) is 50.3 Å². The minimum Gasteiger partial charge on any atom is -0.497 e. The second-order valence-electron chi connectivity index (χ2n) is 9.12. The van der Waals surface area contributed by atoms with Gasteiger partial charge in [-0.05, 0) is 30.5 Å². The fraction of sp³-hybridized carbons (Fsp3) is 0.609. The highest BCUT2D eigenvalue weighted by Gasteiger charge is 2.60. The summed E-state index contributed by atoms with van der Waals surface area (Å²) in [6.45, 7) is 7.38. The molecule has 6 nitrogen and oxygen atoms in total. The third kappa shape index (κ3) is 3.00. The Labute approximate surface area is 172 Å². The summed E-state index contributed by atoms with van der Waals surface area (Å²) < 4.78 is 26.2. The first-order chi connectivity index (χ1) is 14.0. The Kier molecular flexibility index (Phi) is 4.49. The molecule has 1 atom stereocenters. The number of methoxy groups -OCH3 is 1. The number of nitrogens with zero attached hydrogens (tertiary/aromatic N) is 2. The van der Waals surface area contributed by atoms with Gasteiger partial charge in [-0.1, -0.05) is 26.0 Å². The van der Waals surface area contributed by atoms with Crippen molar-refractivity contribution in [1.82, 2.24) is 9.55 Å². The molecular formula is C23H30N2O4. The van der Waals surface area contributed by atoms with Crippen molar-refractivity contribution in [3.63, 3.8) is 0 Å². The summed E-state index contributed by atoms with van der Waals surface area (Å²) in [4.78, 5) is 4.88. The Morgan fingerprint density at radius 2 is 1.79 bits per heavy atom. The van der Waals surface area contributed by atoms with Crippen LogP contribution in [0.2, 0.25) is 0 Å². The second kappa shape index (κ2) is 6.83. The van der Waals surface area contributed by atoms with Gasteiger partial charge < -0.3 is 23.5 Å². The van der Waals surface area contributed by atoms with Gasteiger partial charge in [-0.15, -0.1) is 0 Å². The molecule has 1 aromatic carbocycles. The Hall–Kier alpha value is -1.89. The summed E-state index contributed by atoms with van der Waals surface area (Å²) in [6.07, 6.45) is 5.44. The highest BCUT2D eigenvalue weighted by Crippen LogP contribution is 2.57. The maximum absolute atomic E-state index is 6.46. The first-order valence-corrected chi connectivity index (χ1v) is 10.6. The molecule has 2 spiro atoms. The van der Waals surface area contributed by atoms with Crippen LogP contribution in [-0.4, -0.2) is 42.3 Å². The van der Waals surface area contributed by atoms with Crippen LogP contribution in [-0.2, 0) is 32.8 Å². The van der Waals surface area contributed by atoms with Gasteiger partial charge in [0.05, 0.1) is 39.0 Å². The molecule has 2 aliphatic heterocycles. The Bertz CT molecular complexity index is 883. The number of hydrogen-bond acceptors (Lipinski definition) is 5. The summed E-state index contributed by atoms with van der Waals surface area (Å²) in [6, 6.07) is 8.24. The van der Waals surface area contributed by atoms with Crippen molar-refractivity contribution in [2.75, 3.05) is 26.9 Å². The normalized spacial score (nSPS) is 27.3. The zero-order valence-electron chi connectivity index (χ0n) is 17.6. The maximum atomic E-state index is 6.46. The molecule has 156 valence electrons. The van der Waals surface area contributed by atoms with Gasteiger partial charge in [0.15, 0.2) is 5.79 Å². The summed E-state index contributed by atoms with van der Waals surface area (Å²) in [5, 5.41) is 0. The van der Waals surface area contributed by atoms with Crippen LogP contribution in [0.5, 0.6) is 5.75 Å². The second-order valence-corrected chi connectivity index (χ2v) is 9.12. The lowest BCUT2D eigenvalue weighted by molar-refractivity contribution is -0.280. The number of aromatic nitrogens is 2. The third-order valence-corrected chi connectivity index (χ3v) is 6.98. The van der Waals surface area contributed by atoms with Gasteiger partial charge >= 0.3 is 0 Å². The fourth-order valence-corrected chi connectivity index (χ4v) is 5.48. The molecule has 0 bridgehead atoms. The Morgan fingerprint density at radius 1 is 1.03 bits per heavy atom. The molecule has 2 aromatic rings. The van der Waals surface area contributed by atoms with E-state index in [9.17, 15) is 0 Å². The third-order valence-electron chi connectivity index (χ3n) is 6.98. The summed E-state index contributed by atoms with van der Waals surface area (Å²) in [7, 11) is 1.69. The van der Waals surface area contributed by atoms with Gasteiger partial charge in [0, 0.05) is 30.5 Å². The first kappa shape index (κ1) is 19.1. The van der Waals surface area contributed by atoms with Crippen molar-refractivity contribution >= 4 is 0 Å². The molecule has 0 amide bonds. The molecule has 3 aliphatic rings. The van der Waals surface area contributed by atoms with E-state index in [0.29, 0.717) is 13.2 Å². The number of ether oxygens (including phenoxy) is 4. The van der Waals surface area contributed by atoms with Crippen molar-refractivity contribution in [3.05, 3.63) is 47.5 Å². The van der Waals surface area contributed by atoms with Crippen molar-refractivity contribution < 1.29 is 18.9 Å². The molecule has 0 radical (unpaired) electrons. The Balaban J connectivity index is 1.43. The minimum atomic E-state index is -0.481. The van der Waals surface area contributed by atoms with Gasteiger partial charge in [-0.3, -0.25) is 0 Å². The predicted octanol–water partition coefficient (Wildman–Crippen LogP) is 3.66. The monoisotopic (exact) mass is 398 g/mol. The van der Waals surface area contributed by atoms with Crippen molar-refractivity contribution in [2.24, 2.45) is 5.41 Å². The smallest absolute Gasteiger partial charge is 0.173 e. The topological polar surface area (TPSA) is 54.7 Å². The maximum Gasteiger partial charge on any atom is 0.173 e. The minimum absolute atomic E-state index is 0.143. The number of imidazole rings is 1. The molecule has 1 aromatic heterocycles. The van der Waals surface area contributed by atoms with E-state index in [1.165, 1.54) is 11.3 Å². The van der Waals surface area contributed by atoms with Gasteiger partial charge in [-0.2, -0.15) is 0 Å². The molecule has 6 heteroatoms. The lowest BCUT2D eigenvalue weighted by Gasteiger charge is -2.53. The molecule has 2 fully saturated rings. The van der Waals surface area contributed by atoms with Gasteiger partial charge in [0.2, 0.25) is 0 Å². The van der Waals surface area contributed by atoms with Crippen LogP contribution in [0.15, 0.2) is 30.6 Å². The number of fused-ring (bicyclic) bond motifs is 2. The van der Waals surface area contributed by atoms with E-state index in [-0.39, 0.29) is 11.0 Å². The van der Waals surface area contributed by atoms with Crippen LogP contribution in [0.25, 0.3) is 0 Å². The lowest BCUT2D eigenvalue weighted by Crippen LogP contribution is -2.56. The van der Waals surface area contributed by atoms with Crippen LogP contribution in [0, 0.1) is 5.41 Å². The molecule has 1 saturated heterocycles. The predicted molar refractivity (Wildman–Crippen MR) is 108 cm³/mol. The van der Waals surface area contributed by atoms with Crippen LogP contribution >= 0.6 is 0 Å². The van der Waals surface area contributed by atoms with Crippen LogP contribution < -0.4 is 4.74 Å². The molecule has 0 N–H and O–H groups in total. The molecule has 29 heavy (non-hydrogen) atoms. The average Bonchev–Trinajstić information content (AvgIpc) is 3.35. The number of rotatable bonds is 3. The molecule has 1 unspecified atom stereocenters. The summed E-state index contributed by atoms with van der Waals surface area (Å²) in [5.74, 6) is 0.397. The Morgan fingerprint density at radius 3 is 2.48 bits per heavy atom. The van der Waals surface area contributed by atoms with Gasteiger partial charge in [0.25, 0.3) is 0 Å². The number of benzene rings is 1. The van der Waals surface area contributed by atoms with Crippen LogP contribution in [0.1, 0.15) is 50.1 Å². The van der Waals surface area contributed by atoms with E-state index < -0.39 is 5.79 Å². The first-order valence-electron chi connectivity index (χ1n) is 10.6. The van der Waals surface area contributed by atoms with Crippen molar-refractivity contribution in [1.29, 1.82) is 0 Å².